The number of amides is 1. The molecule has 2 fully saturated rings. The van der Waals surface area contributed by atoms with Crippen molar-refractivity contribution in [1.82, 2.24) is 9.80 Å². The third-order valence-electron chi connectivity index (χ3n) is 7.48. The molecule has 5 rings (SSSR count). The number of para-hydroxylation sites is 1. The maximum Gasteiger partial charge on any atom is 0.414 e. The molecule has 0 aliphatic carbocycles. The SMILES string of the molecule is O=C(C1CCN(Cc2ccc(OCc3ccccc3)cc2)CC1)N1CCN(c2ccccc2F)CC1.O=C(O)C(=O)O. The van der Waals surface area contributed by atoms with Gasteiger partial charge < -0.3 is 24.7 Å². The quantitative estimate of drug-likeness (QED) is 0.404. The Labute approximate surface area is 244 Å². The van der Waals surface area contributed by atoms with Crippen molar-refractivity contribution in [3.05, 3.63) is 95.8 Å². The monoisotopic (exact) mass is 577 g/mol. The predicted octanol–water partition coefficient (Wildman–Crippen LogP) is 4.12. The molecule has 0 bridgehead atoms. The number of nitrogens with zero attached hydrogens (tertiary/aromatic N) is 3. The highest BCUT2D eigenvalue weighted by atomic mass is 19.1. The first-order valence-electron chi connectivity index (χ1n) is 14.0. The fourth-order valence-electron chi connectivity index (χ4n) is 5.16. The molecule has 2 N–H and O–H groups in total. The third kappa shape index (κ3) is 8.78. The van der Waals surface area contributed by atoms with E-state index in [0.29, 0.717) is 38.5 Å². The van der Waals surface area contributed by atoms with Gasteiger partial charge in [0.1, 0.15) is 18.2 Å². The number of carboxylic acids is 2. The van der Waals surface area contributed by atoms with Crippen LogP contribution in [-0.2, 0) is 27.5 Å². The molecule has 3 aromatic carbocycles. The smallest absolute Gasteiger partial charge is 0.414 e. The fourth-order valence-corrected chi connectivity index (χ4v) is 5.16. The minimum atomic E-state index is -1.82. The van der Waals surface area contributed by atoms with E-state index in [9.17, 15) is 9.18 Å². The first-order chi connectivity index (χ1) is 20.3. The summed E-state index contributed by atoms with van der Waals surface area (Å²) in [6.07, 6.45) is 1.79. The van der Waals surface area contributed by atoms with Gasteiger partial charge in [0, 0.05) is 38.6 Å². The van der Waals surface area contributed by atoms with Gasteiger partial charge in [-0.15, -0.1) is 0 Å². The van der Waals surface area contributed by atoms with Crippen molar-refractivity contribution >= 4 is 23.5 Å². The number of carboxylic acid groups (broad SMARTS) is 2. The standard InChI is InChI=1S/C30H34FN3O2.C2H2O4/c31-28-8-4-5-9-29(28)33-18-20-34(21-19-33)30(35)26-14-16-32(17-15-26)22-24-10-12-27(13-11-24)36-23-25-6-2-1-3-7-25;3-1(4)2(5)6/h1-13,26H,14-23H2;(H,3,4)(H,5,6). The molecule has 0 atom stereocenters. The number of rotatable bonds is 7. The molecule has 0 saturated carbocycles. The number of ether oxygens (including phenoxy) is 1. The fraction of sp³-hybridized carbons (Fsp3) is 0.344. The molecular weight excluding hydrogens is 541 g/mol. The van der Waals surface area contributed by atoms with Crippen LogP contribution in [0.1, 0.15) is 24.0 Å². The summed E-state index contributed by atoms with van der Waals surface area (Å²) in [5.41, 5.74) is 3.05. The molecule has 42 heavy (non-hydrogen) atoms. The summed E-state index contributed by atoms with van der Waals surface area (Å²) in [4.78, 5) is 37.8. The second-order valence-electron chi connectivity index (χ2n) is 10.3. The topological polar surface area (TPSA) is 111 Å². The van der Waals surface area contributed by atoms with Gasteiger partial charge in [0.25, 0.3) is 0 Å². The molecule has 3 aromatic rings. The van der Waals surface area contributed by atoms with Crippen molar-refractivity contribution < 1.29 is 33.7 Å². The second kappa shape index (κ2) is 15.0. The van der Waals surface area contributed by atoms with Crippen LogP contribution in [0.15, 0.2) is 78.9 Å². The van der Waals surface area contributed by atoms with Crippen molar-refractivity contribution in [2.45, 2.75) is 26.0 Å². The highest BCUT2D eigenvalue weighted by Crippen LogP contribution is 2.25. The van der Waals surface area contributed by atoms with Crippen molar-refractivity contribution in [1.29, 1.82) is 0 Å². The molecule has 2 saturated heterocycles. The van der Waals surface area contributed by atoms with E-state index in [1.54, 1.807) is 6.07 Å². The van der Waals surface area contributed by atoms with Crippen molar-refractivity contribution in [2.24, 2.45) is 5.92 Å². The summed E-state index contributed by atoms with van der Waals surface area (Å²) in [6, 6.07) is 25.4. The minimum Gasteiger partial charge on any atom is -0.489 e. The molecule has 9 nitrogen and oxygen atoms in total. The Morgan fingerprint density at radius 1 is 0.738 bits per heavy atom. The molecule has 0 radical (unpaired) electrons. The number of anilines is 1. The van der Waals surface area contributed by atoms with E-state index >= 15 is 0 Å². The Kier molecular flexibility index (Phi) is 10.9. The highest BCUT2D eigenvalue weighted by molar-refractivity contribution is 6.27. The highest BCUT2D eigenvalue weighted by Gasteiger charge is 2.30. The van der Waals surface area contributed by atoms with Crippen LogP contribution in [0.5, 0.6) is 5.75 Å². The van der Waals surface area contributed by atoms with Crippen LogP contribution in [0.4, 0.5) is 10.1 Å². The van der Waals surface area contributed by atoms with Gasteiger partial charge in [-0.3, -0.25) is 9.69 Å². The minimum absolute atomic E-state index is 0.0926. The lowest BCUT2D eigenvalue weighted by Gasteiger charge is -2.39. The van der Waals surface area contributed by atoms with Crippen LogP contribution in [0.25, 0.3) is 0 Å². The molecular formula is C32H36FN3O6. The van der Waals surface area contributed by atoms with Gasteiger partial charge >= 0.3 is 11.9 Å². The summed E-state index contributed by atoms with van der Waals surface area (Å²) in [5, 5.41) is 14.8. The Bertz CT molecular complexity index is 1310. The van der Waals surface area contributed by atoms with Crippen LogP contribution < -0.4 is 9.64 Å². The number of hydrogen-bond donors (Lipinski definition) is 2. The number of halogens is 1. The zero-order chi connectivity index (χ0) is 29.9. The molecule has 10 heteroatoms. The van der Waals surface area contributed by atoms with E-state index in [4.69, 9.17) is 24.5 Å². The average molecular weight is 578 g/mol. The number of piperazine rings is 1. The zero-order valence-corrected chi connectivity index (χ0v) is 23.4. The van der Waals surface area contributed by atoms with E-state index in [2.05, 4.69) is 29.2 Å². The average Bonchev–Trinajstić information content (AvgIpc) is 3.02. The van der Waals surface area contributed by atoms with Gasteiger partial charge in [0.2, 0.25) is 5.91 Å². The van der Waals surface area contributed by atoms with Crippen molar-refractivity contribution in [3.63, 3.8) is 0 Å². The van der Waals surface area contributed by atoms with Gasteiger partial charge in [0.05, 0.1) is 5.69 Å². The van der Waals surface area contributed by atoms with E-state index in [1.165, 1.54) is 11.6 Å². The predicted molar refractivity (Wildman–Crippen MR) is 156 cm³/mol. The number of hydrogen-bond acceptors (Lipinski definition) is 6. The largest absolute Gasteiger partial charge is 0.489 e. The molecule has 222 valence electrons. The summed E-state index contributed by atoms with van der Waals surface area (Å²) < 4.78 is 20.0. The Morgan fingerprint density at radius 3 is 1.93 bits per heavy atom. The van der Waals surface area contributed by atoms with Gasteiger partial charge in [-0.25, -0.2) is 14.0 Å². The lowest BCUT2D eigenvalue weighted by atomic mass is 9.94. The molecule has 2 aliphatic heterocycles. The van der Waals surface area contributed by atoms with Crippen molar-refractivity contribution in [3.8, 4) is 5.75 Å². The van der Waals surface area contributed by atoms with Crippen LogP contribution in [-0.4, -0.2) is 77.1 Å². The Balaban J connectivity index is 0.000000612. The second-order valence-corrected chi connectivity index (χ2v) is 10.3. The Hall–Kier alpha value is -4.44. The number of carbonyl (C=O) groups excluding carboxylic acids is 1. The van der Waals surface area contributed by atoms with Crippen LogP contribution >= 0.6 is 0 Å². The number of piperidine rings is 1. The molecule has 0 unspecified atom stereocenters. The molecule has 2 aliphatic rings. The summed E-state index contributed by atoms with van der Waals surface area (Å²) >= 11 is 0. The van der Waals surface area contributed by atoms with E-state index < -0.39 is 11.9 Å². The summed E-state index contributed by atoms with van der Waals surface area (Å²) in [7, 11) is 0. The molecule has 1 amide bonds. The normalized spacial score (nSPS) is 15.8. The molecule has 0 aromatic heterocycles. The number of benzene rings is 3. The molecule has 0 spiro atoms. The first kappa shape index (κ1) is 30.5. The van der Waals surface area contributed by atoms with E-state index in [-0.39, 0.29) is 17.6 Å². The van der Waals surface area contributed by atoms with Crippen LogP contribution in [0, 0.1) is 11.7 Å². The van der Waals surface area contributed by atoms with Crippen LogP contribution in [0.2, 0.25) is 0 Å². The zero-order valence-electron chi connectivity index (χ0n) is 23.4. The number of likely N-dealkylation sites (tertiary alicyclic amines) is 1. The van der Waals surface area contributed by atoms with Gasteiger partial charge in [-0.2, -0.15) is 0 Å². The maximum absolute atomic E-state index is 14.1. The third-order valence-corrected chi connectivity index (χ3v) is 7.48. The Morgan fingerprint density at radius 2 is 1.33 bits per heavy atom. The molecule has 2 heterocycles. The van der Waals surface area contributed by atoms with Gasteiger partial charge in [-0.1, -0.05) is 54.6 Å². The lowest BCUT2D eigenvalue weighted by molar-refractivity contribution is -0.159. The number of aliphatic carboxylic acids is 2. The van der Waals surface area contributed by atoms with Crippen molar-refractivity contribution in [2.75, 3.05) is 44.2 Å². The van der Waals surface area contributed by atoms with E-state index in [0.717, 1.165) is 43.8 Å². The van der Waals surface area contributed by atoms with Gasteiger partial charge in [0.15, 0.2) is 0 Å². The van der Waals surface area contributed by atoms with Crippen LogP contribution in [0.3, 0.4) is 0 Å². The summed E-state index contributed by atoms with van der Waals surface area (Å²) in [5.74, 6) is -2.61. The maximum atomic E-state index is 14.1. The first-order valence-corrected chi connectivity index (χ1v) is 14.0. The van der Waals surface area contributed by atoms with E-state index in [1.807, 2.05) is 52.3 Å². The number of carbonyl (C=O) groups is 3. The lowest BCUT2D eigenvalue weighted by Crippen LogP contribution is -2.51. The van der Waals surface area contributed by atoms with Gasteiger partial charge in [-0.05, 0) is 61.3 Å². The summed E-state index contributed by atoms with van der Waals surface area (Å²) in [6.45, 7) is 5.99.